The molecule has 19 heavy (non-hydrogen) atoms. The van der Waals surface area contributed by atoms with E-state index in [2.05, 4.69) is 5.32 Å². The molecule has 0 bridgehead atoms. The summed E-state index contributed by atoms with van der Waals surface area (Å²) in [4.78, 5) is 22.9. The quantitative estimate of drug-likeness (QED) is 0.490. The van der Waals surface area contributed by atoms with E-state index in [-0.39, 0.29) is 12.4 Å². The van der Waals surface area contributed by atoms with Gasteiger partial charge in [0.05, 0.1) is 25.7 Å². The molecule has 0 aliphatic rings. The number of hydrogen-bond acceptors (Lipinski definition) is 4. The van der Waals surface area contributed by atoms with Crippen molar-refractivity contribution in [3.05, 3.63) is 6.04 Å². The first kappa shape index (κ1) is 17.7. The highest BCUT2D eigenvalue weighted by Gasteiger charge is 2.17. The molecule has 5 nitrogen and oxygen atoms in total. The van der Waals surface area contributed by atoms with Gasteiger partial charge < -0.3 is 14.8 Å². The second kappa shape index (κ2) is 11.8. The molecule has 1 N–H and O–H groups in total. The molecule has 0 aromatic carbocycles. The average molecular weight is 272 g/mol. The second-order valence-corrected chi connectivity index (χ2v) is 4.32. The number of alkyl carbamates (subject to hydrolysis) is 1. The lowest BCUT2D eigenvalue weighted by molar-refractivity contribution is -0.143. The third-order valence-electron chi connectivity index (χ3n) is 2.56. The van der Waals surface area contributed by atoms with Gasteiger partial charge in [-0.25, -0.2) is 4.79 Å². The van der Waals surface area contributed by atoms with Gasteiger partial charge in [0, 0.05) is 0 Å². The molecule has 1 radical (unpaired) electrons. The number of carbonyl (C=O) groups is 2. The van der Waals surface area contributed by atoms with E-state index in [9.17, 15) is 9.59 Å². The fraction of sp³-hybridized carbons (Fsp3) is 0.786. The molecule has 0 spiro atoms. The van der Waals surface area contributed by atoms with Crippen LogP contribution < -0.4 is 5.32 Å². The van der Waals surface area contributed by atoms with Crippen LogP contribution in [0.5, 0.6) is 0 Å². The van der Waals surface area contributed by atoms with Crippen molar-refractivity contribution >= 4 is 12.1 Å². The van der Waals surface area contributed by atoms with E-state index in [1.165, 1.54) is 0 Å². The second-order valence-electron chi connectivity index (χ2n) is 4.32. The number of unbranched alkanes of at least 4 members (excludes halogenated alkanes) is 2. The maximum atomic E-state index is 11.5. The molecule has 5 heteroatoms. The van der Waals surface area contributed by atoms with E-state index < -0.39 is 6.09 Å². The van der Waals surface area contributed by atoms with Crippen molar-refractivity contribution in [3.8, 4) is 0 Å². The Kier molecular flexibility index (Phi) is 11.0. The van der Waals surface area contributed by atoms with Crippen LogP contribution >= 0.6 is 0 Å². The zero-order valence-corrected chi connectivity index (χ0v) is 12.3. The van der Waals surface area contributed by atoms with Gasteiger partial charge in [-0.05, 0) is 19.3 Å². The zero-order valence-electron chi connectivity index (χ0n) is 12.3. The molecule has 0 aliphatic carbocycles. The molecule has 1 amide bonds. The van der Waals surface area contributed by atoms with E-state index in [1.54, 1.807) is 0 Å². The molecule has 0 aromatic heterocycles. The van der Waals surface area contributed by atoms with Gasteiger partial charge in [0.1, 0.15) is 0 Å². The lowest BCUT2D eigenvalue weighted by Crippen LogP contribution is -2.31. The standard InChI is InChI=1S/C14H26NO4/c1-4-7-9-18-13(16)11-12(6-3)15-14(17)19-10-8-5-2/h4-11H2,1-3H3,(H,15,17). The SMILES string of the molecule is CCCCOC(=O)C[C](CC)NC(=O)OCCCC. The van der Waals surface area contributed by atoms with Crippen LogP contribution in [0.4, 0.5) is 4.79 Å². The fourth-order valence-electron chi connectivity index (χ4n) is 1.30. The summed E-state index contributed by atoms with van der Waals surface area (Å²) in [5.74, 6) is -0.306. The molecule has 0 rings (SSSR count). The van der Waals surface area contributed by atoms with Gasteiger partial charge in [-0.1, -0.05) is 33.6 Å². The molecule has 0 saturated heterocycles. The third-order valence-corrected chi connectivity index (χ3v) is 2.56. The molecule has 0 aromatic rings. The summed E-state index contributed by atoms with van der Waals surface area (Å²) in [6.07, 6.45) is 3.87. The first-order valence-electron chi connectivity index (χ1n) is 7.08. The van der Waals surface area contributed by atoms with Gasteiger partial charge in [-0.2, -0.15) is 0 Å². The van der Waals surface area contributed by atoms with Crippen LogP contribution in [0, 0.1) is 6.04 Å². The maximum absolute atomic E-state index is 11.5. The first-order chi connectivity index (χ1) is 9.13. The Morgan fingerprint density at radius 1 is 0.947 bits per heavy atom. The summed E-state index contributed by atoms with van der Waals surface area (Å²) in [7, 11) is 0. The molecule has 111 valence electrons. The predicted molar refractivity (Wildman–Crippen MR) is 73.4 cm³/mol. The van der Waals surface area contributed by atoms with Crippen molar-refractivity contribution in [1.29, 1.82) is 0 Å². The summed E-state index contributed by atoms with van der Waals surface area (Å²) in [6, 6.07) is 0.628. The van der Waals surface area contributed by atoms with Crippen LogP contribution in [0.2, 0.25) is 0 Å². The Morgan fingerprint density at radius 2 is 1.53 bits per heavy atom. The predicted octanol–water partition coefficient (Wildman–Crippen LogP) is 3.19. The molecule has 0 saturated carbocycles. The smallest absolute Gasteiger partial charge is 0.407 e. The van der Waals surface area contributed by atoms with E-state index >= 15 is 0 Å². The molecular formula is C14H26NO4. The molecule has 0 heterocycles. The third kappa shape index (κ3) is 10.4. The van der Waals surface area contributed by atoms with Crippen LogP contribution in [-0.2, 0) is 14.3 Å². The van der Waals surface area contributed by atoms with E-state index in [0.29, 0.717) is 25.7 Å². The summed E-state index contributed by atoms with van der Waals surface area (Å²) in [6.45, 7) is 6.77. The van der Waals surface area contributed by atoms with E-state index in [1.807, 2.05) is 20.8 Å². The van der Waals surface area contributed by atoms with Crippen molar-refractivity contribution in [1.82, 2.24) is 5.32 Å². The minimum Gasteiger partial charge on any atom is -0.466 e. The highest BCUT2D eigenvalue weighted by Crippen LogP contribution is 2.09. The minimum absolute atomic E-state index is 0.114. The number of rotatable bonds is 10. The lowest BCUT2D eigenvalue weighted by Gasteiger charge is -2.15. The number of carbonyl (C=O) groups excluding carboxylic acids is 2. The van der Waals surface area contributed by atoms with E-state index in [4.69, 9.17) is 9.47 Å². The van der Waals surface area contributed by atoms with Crippen molar-refractivity contribution in [2.75, 3.05) is 13.2 Å². The van der Waals surface area contributed by atoms with Gasteiger partial charge in [0.2, 0.25) is 0 Å². The normalized spacial score (nSPS) is 10.3. The molecule has 0 unspecified atom stereocenters. The highest BCUT2D eigenvalue weighted by molar-refractivity contribution is 5.74. The lowest BCUT2D eigenvalue weighted by atomic mass is 10.1. The average Bonchev–Trinajstić information content (AvgIpc) is 2.38. The maximum Gasteiger partial charge on any atom is 0.407 e. The summed E-state index contributed by atoms with van der Waals surface area (Å²) in [5, 5.41) is 2.60. The van der Waals surface area contributed by atoms with Crippen molar-refractivity contribution < 1.29 is 19.1 Å². The Morgan fingerprint density at radius 3 is 2.05 bits per heavy atom. The Hall–Kier alpha value is -1.26. The summed E-state index contributed by atoms with van der Waals surface area (Å²) < 4.78 is 10.0. The molecule has 0 aliphatic heterocycles. The van der Waals surface area contributed by atoms with Crippen LogP contribution in [-0.4, -0.2) is 25.3 Å². The van der Waals surface area contributed by atoms with Crippen LogP contribution in [0.1, 0.15) is 59.3 Å². The van der Waals surface area contributed by atoms with Crippen LogP contribution in [0.15, 0.2) is 0 Å². The van der Waals surface area contributed by atoms with Crippen LogP contribution in [0.25, 0.3) is 0 Å². The van der Waals surface area contributed by atoms with Gasteiger partial charge in [0.25, 0.3) is 0 Å². The number of esters is 1. The first-order valence-corrected chi connectivity index (χ1v) is 7.08. The van der Waals surface area contributed by atoms with Crippen LogP contribution in [0.3, 0.4) is 0 Å². The largest absolute Gasteiger partial charge is 0.466 e. The minimum atomic E-state index is -0.494. The van der Waals surface area contributed by atoms with Gasteiger partial charge in [-0.3, -0.25) is 4.79 Å². The van der Waals surface area contributed by atoms with Crippen molar-refractivity contribution in [2.45, 2.75) is 59.3 Å². The monoisotopic (exact) mass is 272 g/mol. The summed E-state index contributed by atoms with van der Waals surface area (Å²) in [5.41, 5.74) is 0. The van der Waals surface area contributed by atoms with Gasteiger partial charge in [0.15, 0.2) is 0 Å². The van der Waals surface area contributed by atoms with Crippen molar-refractivity contribution in [2.24, 2.45) is 0 Å². The fourth-order valence-corrected chi connectivity index (χ4v) is 1.30. The van der Waals surface area contributed by atoms with Gasteiger partial charge in [-0.15, -0.1) is 0 Å². The highest BCUT2D eigenvalue weighted by atomic mass is 16.5. The number of ether oxygens (including phenoxy) is 2. The van der Waals surface area contributed by atoms with Gasteiger partial charge >= 0.3 is 12.1 Å². The zero-order chi connectivity index (χ0) is 14.5. The number of hydrogen-bond donors (Lipinski definition) is 1. The van der Waals surface area contributed by atoms with Crippen molar-refractivity contribution in [3.63, 3.8) is 0 Å². The summed E-state index contributed by atoms with van der Waals surface area (Å²) >= 11 is 0. The molecule has 0 fully saturated rings. The van der Waals surface area contributed by atoms with E-state index in [0.717, 1.165) is 25.7 Å². The number of amides is 1. The topological polar surface area (TPSA) is 64.6 Å². The Bertz CT molecular complexity index is 232. The number of nitrogens with one attached hydrogen (secondary N) is 1. The molecular weight excluding hydrogens is 246 g/mol. The Labute approximate surface area is 116 Å². The Balaban J connectivity index is 3.86. The molecule has 0 atom stereocenters.